The van der Waals surface area contributed by atoms with E-state index in [1.54, 1.807) is 24.3 Å². The lowest BCUT2D eigenvalue weighted by molar-refractivity contribution is -0.138. The minimum Gasteiger partial charge on any atom is -0.367 e. The van der Waals surface area contributed by atoms with E-state index in [2.05, 4.69) is 15.3 Å². The molecule has 32 heavy (non-hydrogen) atoms. The summed E-state index contributed by atoms with van der Waals surface area (Å²) in [6.07, 6.45) is -2.50. The predicted octanol–water partition coefficient (Wildman–Crippen LogP) is 4.63. The number of nitrogens with zero attached hydrogens (tertiary/aromatic N) is 3. The number of rotatable bonds is 5. The molecule has 1 aromatic carbocycles. The second-order valence-electron chi connectivity index (χ2n) is 6.80. The first-order valence-electron chi connectivity index (χ1n) is 9.18. The fraction of sp³-hybridized carbons (Fsp3) is 0.200. The van der Waals surface area contributed by atoms with Gasteiger partial charge in [-0.25, -0.2) is 9.98 Å². The third-order valence-corrected chi connectivity index (χ3v) is 6.50. The zero-order valence-corrected chi connectivity index (χ0v) is 18.3. The second kappa shape index (κ2) is 8.76. The van der Waals surface area contributed by atoms with Gasteiger partial charge in [-0.2, -0.15) is 13.2 Å². The third-order valence-electron chi connectivity index (χ3n) is 4.70. The van der Waals surface area contributed by atoms with E-state index in [4.69, 9.17) is 23.2 Å². The molecule has 1 atom stereocenters. The number of aromatic nitrogens is 1. The first-order chi connectivity index (χ1) is 15.1. The van der Waals surface area contributed by atoms with Gasteiger partial charge >= 0.3 is 6.18 Å². The van der Waals surface area contributed by atoms with Crippen molar-refractivity contribution in [1.82, 2.24) is 9.88 Å². The van der Waals surface area contributed by atoms with Gasteiger partial charge in [-0.1, -0.05) is 47.1 Å². The number of aliphatic imine (C=N–C) groups is 1. The van der Waals surface area contributed by atoms with E-state index in [0.717, 1.165) is 16.5 Å². The Labute approximate surface area is 194 Å². The first-order valence-corrected chi connectivity index (χ1v) is 10.8. The molecule has 4 rings (SSSR count). The number of thioether (sulfide) groups is 1. The molecule has 2 aliphatic rings. The molecular weight excluding hydrogens is 488 g/mol. The number of amides is 2. The molecule has 0 aliphatic carbocycles. The molecule has 3 heterocycles. The van der Waals surface area contributed by atoms with E-state index >= 15 is 0 Å². The third kappa shape index (κ3) is 4.48. The van der Waals surface area contributed by atoms with Gasteiger partial charge in [-0.15, -0.1) is 0 Å². The summed E-state index contributed by atoms with van der Waals surface area (Å²) in [5.74, 6) is -0.821. The number of alkyl halides is 3. The van der Waals surface area contributed by atoms with Crippen molar-refractivity contribution in [3.05, 3.63) is 69.5 Å². The smallest absolute Gasteiger partial charge is 0.367 e. The Hall–Kier alpha value is -2.56. The number of hydrogen-bond acceptors (Lipinski definition) is 6. The number of fused-ring (bicyclic) bond motifs is 1. The number of hydrogen-bond donors (Lipinski definition) is 1. The molecule has 2 amide bonds. The van der Waals surface area contributed by atoms with E-state index < -0.39 is 22.9 Å². The van der Waals surface area contributed by atoms with E-state index in [0.29, 0.717) is 16.3 Å². The fourth-order valence-electron chi connectivity index (χ4n) is 3.11. The van der Waals surface area contributed by atoms with Gasteiger partial charge in [0.05, 0.1) is 16.2 Å². The van der Waals surface area contributed by atoms with Gasteiger partial charge in [0.2, 0.25) is 5.91 Å². The Morgan fingerprint density at radius 2 is 1.88 bits per heavy atom. The summed E-state index contributed by atoms with van der Waals surface area (Å²) < 4.78 is 38.2. The molecule has 0 bridgehead atoms. The molecule has 0 radical (unpaired) electrons. The number of carbonyl (C=O) groups is 2. The Morgan fingerprint density at radius 3 is 2.53 bits per heavy atom. The Morgan fingerprint density at radius 1 is 1.16 bits per heavy atom. The zero-order valence-electron chi connectivity index (χ0n) is 16.0. The van der Waals surface area contributed by atoms with Crippen molar-refractivity contribution in [3.8, 4) is 0 Å². The van der Waals surface area contributed by atoms with Crippen LogP contribution in [0.25, 0.3) is 0 Å². The molecular formula is C20H13Cl2F3N4O2S. The van der Waals surface area contributed by atoms with Crippen LogP contribution in [0.3, 0.4) is 0 Å². The molecule has 1 aromatic heterocycles. The number of imide groups is 1. The first kappa shape index (κ1) is 22.6. The number of carbonyl (C=O) groups excluding carboxylic acids is 2. The zero-order chi connectivity index (χ0) is 23.0. The minimum absolute atomic E-state index is 0.0125. The number of pyridine rings is 1. The van der Waals surface area contributed by atoms with E-state index in [9.17, 15) is 22.8 Å². The van der Waals surface area contributed by atoms with Crippen LogP contribution in [0.2, 0.25) is 10.0 Å². The molecule has 166 valence electrons. The van der Waals surface area contributed by atoms with Gasteiger partial charge in [0.15, 0.2) is 0 Å². The van der Waals surface area contributed by atoms with E-state index in [1.165, 1.54) is 18.0 Å². The van der Waals surface area contributed by atoms with Gasteiger partial charge in [-0.3, -0.25) is 14.5 Å². The van der Waals surface area contributed by atoms with Crippen molar-refractivity contribution in [2.24, 2.45) is 4.99 Å². The van der Waals surface area contributed by atoms with Gasteiger partial charge in [-0.05, 0) is 18.2 Å². The Kier molecular flexibility index (Phi) is 6.19. The molecule has 0 saturated carbocycles. The topological polar surface area (TPSA) is 74.7 Å². The van der Waals surface area contributed by atoms with Crippen molar-refractivity contribution >= 4 is 57.6 Å². The van der Waals surface area contributed by atoms with Crippen molar-refractivity contribution in [1.29, 1.82) is 0 Å². The van der Waals surface area contributed by atoms with Crippen LogP contribution in [0.1, 0.15) is 11.1 Å². The fourth-order valence-corrected chi connectivity index (χ4v) is 4.59. The van der Waals surface area contributed by atoms with E-state index in [-0.39, 0.29) is 35.4 Å². The summed E-state index contributed by atoms with van der Waals surface area (Å²) in [5.41, 5.74) is 0.0870. The molecule has 0 spiro atoms. The number of nitrogens with one attached hydrogen (secondary N) is 1. The molecule has 1 saturated heterocycles. The van der Waals surface area contributed by atoms with Crippen molar-refractivity contribution < 1.29 is 22.8 Å². The number of benzene rings is 1. The standard InChI is InChI=1S/C20H13Cl2F3N4O2S/c21-12-3-1-10(2-4-12)17-28-9-13-15(32-17)19(31)29(18(13)30)6-5-26-16-14(22)7-11(8-27-16)20(23,24)25/h1-4,7-9,15H,5-6H2,(H,26,27). The molecule has 12 heteroatoms. The van der Waals surface area contributed by atoms with E-state index in [1.807, 2.05) is 0 Å². The monoisotopic (exact) mass is 500 g/mol. The Balaban J connectivity index is 1.40. The maximum atomic E-state index is 12.8. The van der Waals surface area contributed by atoms with Gasteiger partial charge < -0.3 is 5.32 Å². The van der Waals surface area contributed by atoms with Crippen LogP contribution in [0.4, 0.5) is 19.0 Å². The average molecular weight is 501 g/mol. The summed E-state index contributed by atoms with van der Waals surface area (Å²) in [4.78, 5) is 34.5. The number of likely N-dealkylation sites (tertiary alicyclic amines) is 1. The average Bonchev–Trinajstić information content (AvgIpc) is 2.99. The van der Waals surface area contributed by atoms with Gasteiger partial charge in [0.1, 0.15) is 16.1 Å². The normalized spacial score (nSPS) is 18.4. The summed E-state index contributed by atoms with van der Waals surface area (Å²) in [6.45, 7) is 0.0481. The highest BCUT2D eigenvalue weighted by Gasteiger charge is 2.45. The summed E-state index contributed by atoms with van der Waals surface area (Å²) in [7, 11) is 0. The lowest BCUT2D eigenvalue weighted by Crippen LogP contribution is -2.35. The van der Waals surface area contributed by atoms with Crippen LogP contribution in [0.15, 0.2) is 53.3 Å². The van der Waals surface area contributed by atoms with Crippen LogP contribution in [-0.2, 0) is 15.8 Å². The number of anilines is 1. The highest BCUT2D eigenvalue weighted by molar-refractivity contribution is 8.15. The molecule has 1 N–H and O–H groups in total. The predicted molar refractivity (Wildman–Crippen MR) is 117 cm³/mol. The second-order valence-corrected chi connectivity index (χ2v) is 8.73. The largest absolute Gasteiger partial charge is 0.417 e. The van der Waals surface area contributed by atoms with Crippen LogP contribution >= 0.6 is 35.0 Å². The summed E-state index contributed by atoms with van der Waals surface area (Å²) in [5, 5.41) is 3.00. The van der Waals surface area contributed by atoms with Crippen LogP contribution in [-0.4, -0.2) is 45.1 Å². The van der Waals surface area contributed by atoms with Gasteiger partial charge in [0.25, 0.3) is 5.91 Å². The highest BCUT2D eigenvalue weighted by atomic mass is 35.5. The quantitative estimate of drug-likeness (QED) is 0.605. The van der Waals surface area contributed by atoms with Crippen LogP contribution < -0.4 is 5.32 Å². The SMILES string of the molecule is O=C1C2=CN=C(c3ccc(Cl)cc3)SC2C(=O)N1CCNc1ncc(C(F)(F)F)cc1Cl. The van der Waals surface area contributed by atoms with Gasteiger partial charge in [0, 0.05) is 36.1 Å². The summed E-state index contributed by atoms with van der Waals surface area (Å²) in [6, 6.07) is 7.72. The minimum atomic E-state index is -4.56. The summed E-state index contributed by atoms with van der Waals surface area (Å²) >= 11 is 12.9. The molecule has 2 aliphatic heterocycles. The Bertz CT molecular complexity index is 1150. The molecule has 6 nitrogen and oxygen atoms in total. The molecule has 1 unspecified atom stereocenters. The molecule has 1 fully saturated rings. The van der Waals surface area contributed by atoms with Crippen LogP contribution in [0.5, 0.6) is 0 Å². The number of halogens is 5. The van der Waals surface area contributed by atoms with Crippen molar-refractivity contribution in [2.45, 2.75) is 11.4 Å². The lowest BCUT2D eigenvalue weighted by Gasteiger charge is -2.16. The molecule has 2 aromatic rings. The maximum Gasteiger partial charge on any atom is 0.417 e. The van der Waals surface area contributed by atoms with Crippen molar-refractivity contribution in [2.75, 3.05) is 18.4 Å². The van der Waals surface area contributed by atoms with Crippen LogP contribution in [0, 0.1) is 0 Å². The highest BCUT2D eigenvalue weighted by Crippen LogP contribution is 2.36. The lowest BCUT2D eigenvalue weighted by atomic mass is 10.2. The maximum absolute atomic E-state index is 12.8. The van der Waals surface area contributed by atoms with Crippen molar-refractivity contribution in [3.63, 3.8) is 0 Å².